The van der Waals surface area contributed by atoms with Crippen LogP contribution in [0.15, 0.2) is 12.7 Å². The maximum atomic E-state index is 12.6. The number of nitrogens with zero attached hydrogens (tertiary/aromatic N) is 1. The van der Waals surface area contributed by atoms with E-state index in [2.05, 4.69) is 6.58 Å². The molecule has 15 heavy (non-hydrogen) atoms. The van der Waals surface area contributed by atoms with Gasteiger partial charge in [0, 0.05) is 6.54 Å². The summed E-state index contributed by atoms with van der Waals surface area (Å²) in [5, 5.41) is 0. The Morgan fingerprint density at radius 1 is 1.53 bits per heavy atom. The molecule has 0 fully saturated rings. The molecule has 0 saturated carbocycles. The number of carbonyl (C=O) groups excluding carboxylic acids is 1. The first kappa shape index (κ1) is 13.9. The van der Waals surface area contributed by atoms with Crippen LogP contribution < -0.4 is 0 Å². The Balaban J connectivity index is 4.53. The van der Waals surface area contributed by atoms with Gasteiger partial charge in [-0.3, -0.25) is 4.79 Å². The molecule has 0 unspecified atom stereocenters. The molecule has 0 aliphatic heterocycles. The van der Waals surface area contributed by atoms with Crippen LogP contribution in [0.4, 0.5) is 17.6 Å². The molecule has 0 heterocycles. The zero-order valence-corrected chi connectivity index (χ0v) is 8.35. The van der Waals surface area contributed by atoms with Crippen molar-refractivity contribution in [3.8, 4) is 0 Å². The standard InChI is InChI=1S/C9H13F4NO/c1-3-5-14(7(15)4-2)6-9(12,13)8(10)11/h4,8H,2-3,5-6H2,1H3. The van der Waals surface area contributed by atoms with E-state index in [0.717, 1.165) is 6.08 Å². The fraction of sp³-hybridized carbons (Fsp3) is 0.667. The van der Waals surface area contributed by atoms with Crippen LogP contribution in [0.25, 0.3) is 0 Å². The average Bonchev–Trinajstić information content (AvgIpc) is 2.15. The Hall–Kier alpha value is -1.07. The van der Waals surface area contributed by atoms with E-state index in [1.165, 1.54) is 0 Å². The second kappa shape index (κ2) is 5.72. The van der Waals surface area contributed by atoms with Crippen molar-refractivity contribution < 1.29 is 22.4 Å². The molecule has 0 N–H and O–H groups in total. The Labute approximate surface area is 85.6 Å². The topological polar surface area (TPSA) is 20.3 Å². The van der Waals surface area contributed by atoms with E-state index in [0.29, 0.717) is 11.3 Å². The largest absolute Gasteiger partial charge is 0.333 e. The molecule has 2 nitrogen and oxygen atoms in total. The summed E-state index contributed by atoms with van der Waals surface area (Å²) in [7, 11) is 0. The van der Waals surface area contributed by atoms with Crippen molar-refractivity contribution in [3.63, 3.8) is 0 Å². The van der Waals surface area contributed by atoms with Crippen LogP contribution in [0.1, 0.15) is 13.3 Å². The van der Waals surface area contributed by atoms with Gasteiger partial charge in [0.2, 0.25) is 5.91 Å². The third kappa shape index (κ3) is 4.31. The van der Waals surface area contributed by atoms with Gasteiger partial charge in [0.15, 0.2) is 0 Å². The summed E-state index contributed by atoms with van der Waals surface area (Å²) in [4.78, 5) is 11.7. The quantitative estimate of drug-likeness (QED) is 0.503. The lowest BCUT2D eigenvalue weighted by atomic mass is 10.3. The number of alkyl halides is 4. The predicted molar refractivity (Wildman–Crippen MR) is 48.0 cm³/mol. The van der Waals surface area contributed by atoms with E-state index in [9.17, 15) is 22.4 Å². The Kier molecular flexibility index (Phi) is 5.32. The third-order valence-corrected chi connectivity index (χ3v) is 1.70. The molecule has 0 saturated heterocycles. The van der Waals surface area contributed by atoms with Gasteiger partial charge in [0.1, 0.15) is 0 Å². The van der Waals surface area contributed by atoms with Gasteiger partial charge in [0.25, 0.3) is 0 Å². The number of hydrogen-bond acceptors (Lipinski definition) is 1. The molecule has 0 atom stereocenters. The number of halogens is 4. The molecule has 1 amide bonds. The molecular weight excluding hydrogens is 214 g/mol. The van der Waals surface area contributed by atoms with Crippen molar-refractivity contribution in [2.45, 2.75) is 25.7 Å². The summed E-state index contributed by atoms with van der Waals surface area (Å²) < 4.78 is 49.0. The highest BCUT2D eigenvalue weighted by molar-refractivity contribution is 5.87. The zero-order valence-electron chi connectivity index (χ0n) is 8.35. The molecule has 0 bridgehead atoms. The fourth-order valence-electron chi connectivity index (χ4n) is 0.990. The van der Waals surface area contributed by atoms with Crippen LogP contribution in [0, 0.1) is 0 Å². The van der Waals surface area contributed by atoms with Crippen LogP contribution in [0.5, 0.6) is 0 Å². The van der Waals surface area contributed by atoms with Crippen molar-refractivity contribution in [1.82, 2.24) is 4.90 Å². The lowest BCUT2D eigenvalue weighted by Gasteiger charge is -2.25. The molecule has 0 aromatic carbocycles. The van der Waals surface area contributed by atoms with Gasteiger partial charge in [-0.05, 0) is 12.5 Å². The third-order valence-electron chi connectivity index (χ3n) is 1.70. The van der Waals surface area contributed by atoms with Crippen LogP contribution in [0.3, 0.4) is 0 Å². The minimum Gasteiger partial charge on any atom is -0.333 e. The first-order valence-corrected chi connectivity index (χ1v) is 4.42. The maximum absolute atomic E-state index is 12.6. The first-order valence-electron chi connectivity index (χ1n) is 4.42. The Morgan fingerprint density at radius 3 is 2.40 bits per heavy atom. The lowest BCUT2D eigenvalue weighted by molar-refractivity contribution is -0.153. The van der Waals surface area contributed by atoms with E-state index in [1.54, 1.807) is 6.92 Å². The van der Waals surface area contributed by atoms with Crippen molar-refractivity contribution in [2.75, 3.05) is 13.1 Å². The molecule has 0 aliphatic carbocycles. The number of rotatable bonds is 6. The van der Waals surface area contributed by atoms with Crippen molar-refractivity contribution in [1.29, 1.82) is 0 Å². The lowest BCUT2D eigenvalue weighted by Crippen LogP contribution is -2.44. The second-order valence-corrected chi connectivity index (χ2v) is 3.03. The van der Waals surface area contributed by atoms with E-state index < -0.39 is 24.8 Å². The molecule has 0 aliphatic rings. The summed E-state index contributed by atoms with van der Waals surface area (Å²) in [6.07, 6.45) is -2.52. The van der Waals surface area contributed by atoms with Gasteiger partial charge in [-0.15, -0.1) is 0 Å². The van der Waals surface area contributed by atoms with Crippen LogP contribution in [-0.2, 0) is 4.79 Å². The summed E-state index contributed by atoms with van der Waals surface area (Å²) in [5.41, 5.74) is 0. The van der Waals surface area contributed by atoms with Crippen LogP contribution >= 0.6 is 0 Å². The van der Waals surface area contributed by atoms with Crippen LogP contribution in [0.2, 0.25) is 0 Å². The van der Waals surface area contributed by atoms with E-state index >= 15 is 0 Å². The smallest absolute Gasteiger partial charge is 0.324 e. The maximum Gasteiger partial charge on any atom is 0.324 e. The summed E-state index contributed by atoms with van der Waals surface area (Å²) in [5.74, 6) is -4.94. The van der Waals surface area contributed by atoms with E-state index in [4.69, 9.17) is 0 Å². The highest BCUT2D eigenvalue weighted by atomic mass is 19.3. The Bertz CT molecular complexity index is 230. The first-order chi connectivity index (χ1) is 6.85. The molecule has 88 valence electrons. The molecule has 0 aromatic heterocycles. The van der Waals surface area contributed by atoms with E-state index in [-0.39, 0.29) is 6.54 Å². The molecular formula is C9H13F4NO. The zero-order chi connectivity index (χ0) is 12.1. The normalized spacial score (nSPS) is 11.6. The van der Waals surface area contributed by atoms with Gasteiger partial charge >= 0.3 is 12.3 Å². The molecule has 0 spiro atoms. The average molecular weight is 227 g/mol. The second-order valence-electron chi connectivity index (χ2n) is 3.03. The SMILES string of the molecule is C=CC(=O)N(CCC)CC(F)(F)C(F)F. The highest BCUT2D eigenvalue weighted by Crippen LogP contribution is 2.24. The molecule has 0 radical (unpaired) electrons. The molecule has 0 rings (SSSR count). The number of carbonyl (C=O) groups is 1. The molecule has 0 aromatic rings. The van der Waals surface area contributed by atoms with Gasteiger partial charge < -0.3 is 4.90 Å². The van der Waals surface area contributed by atoms with Gasteiger partial charge in [-0.2, -0.15) is 8.78 Å². The predicted octanol–water partition coefficient (Wildman–Crippen LogP) is 2.31. The summed E-state index contributed by atoms with van der Waals surface area (Å²) in [6, 6.07) is 0. The van der Waals surface area contributed by atoms with Crippen molar-refractivity contribution in [3.05, 3.63) is 12.7 Å². The van der Waals surface area contributed by atoms with Crippen molar-refractivity contribution >= 4 is 5.91 Å². The highest BCUT2D eigenvalue weighted by Gasteiger charge is 2.42. The Morgan fingerprint density at radius 2 is 2.07 bits per heavy atom. The fourth-order valence-corrected chi connectivity index (χ4v) is 0.990. The summed E-state index contributed by atoms with van der Waals surface area (Å²) >= 11 is 0. The van der Waals surface area contributed by atoms with Crippen molar-refractivity contribution in [2.24, 2.45) is 0 Å². The minimum atomic E-state index is -4.17. The summed E-state index contributed by atoms with van der Waals surface area (Å²) in [6.45, 7) is 3.50. The van der Waals surface area contributed by atoms with Crippen LogP contribution in [-0.4, -0.2) is 36.2 Å². The van der Waals surface area contributed by atoms with Gasteiger partial charge in [0.05, 0.1) is 6.54 Å². The van der Waals surface area contributed by atoms with E-state index in [1.807, 2.05) is 0 Å². The minimum absolute atomic E-state index is 0.00711. The van der Waals surface area contributed by atoms with Gasteiger partial charge in [-0.1, -0.05) is 13.5 Å². The molecule has 6 heteroatoms. The number of amides is 1. The van der Waals surface area contributed by atoms with Gasteiger partial charge in [-0.25, -0.2) is 8.78 Å². The number of hydrogen-bond donors (Lipinski definition) is 0. The monoisotopic (exact) mass is 227 g/mol.